The maximum absolute atomic E-state index is 11.2. The molecule has 1 N–H and O–H groups in total. The van der Waals surface area contributed by atoms with Gasteiger partial charge in [0.25, 0.3) is 0 Å². The van der Waals surface area contributed by atoms with Crippen LogP contribution in [0.1, 0.15) is 38.5 Å². The summed E-state index contributed by atoms with van der Waals surface area (Å²) in [5.74, 6) is -1.82. The predicted molar refractivity (Wildman–Crippen MR) is 53.4 cm³/mol. The van der Waals surface area contributed by atoms with E-state index in [-0.39, 0.29) is 6.42 Å². The minimum Gasteiger partial charge on any atom is -0.480 e. The van der Waals surface area contributed by atoms with E-state index in [1.54, 1.807) is 0 Å². The smallest absolute Gasteiger partial charge is 0.317 e. The van der Waals surface area contributed by atoms with Gasteiger partial charge in [0.1, 0.15) is 18.0 Å². The van der Waals surface area contributed by atoms with Crippen molar-refractivity contribution < 1.29 is 19.5 Å². The lowest BCUT2D eigenvalue weighted by Gasteiger charge is -2.30. The molecule has 0 spiro atoms. The largest absolute Gasteiger partial charge is 0.480 e. The molecule has 0 amide bonds. The number of aldehydes is 2. The Morgan fingerprint density at radius 1 is 1.20 bits per heavy atom. The summed E-state index contributed by atoms with van der Waals surface area (Å²) in [7, 11) is 0. The van der Waals surface area contributed by atoms with Gasteiger partial charge in [0.2, 0.25) is 0 Å². The molecule has 1 aliphatic carbocycles. The van der Waals surface area contributed by atoms with Crippen molar-refractivity contribution in [3.8, 4) is 0 Å². The zero-order valence-corrected chi connectivity index (χ0v) is 8.65. The van der Waals surface area contributed by atoms with Gasteiger partial charge in [0.15, 0.2) is 0 Å². The minimum absolute atomic E-state index is 0.287. The van der Waals surface area contributed by atoms with Gasteiger partial charge in [0, 0.05) is 5.92 Å². The predicted octanol–water partition coefficient (Wildman–Crippen LogP) is 1.43. The maximum Gasteiger partial charge on any atom is 0.317 e. The van der Waals surface area contributed by atoms with E-state index in [1.165, 1.54) is 0 Å². The van der Waals surface area contributed by atoms with Gasteiger partial charge >= 0.3 is 5.97 Å². The Morgan fingerprint density at radius 3 is 2.40 bits per heavy atom. The molecular formula is C11H16O4. The third kappa shape index (κ3) is 2.25. The van der Waals surface area contributed by atoms with Crippen LogP contribution in [-0.4, -0.2) is 23.6 Å². The molecule has 0 aliphatic heterocycles. The highest BCUT2D eigenvalue weighted by atomic mass is 16.4. The van der Waals surface area contributed by atoms with Crippen molar-refractivity contribution in [2.75, 3.05) is 0 Å². The maximum atomic E-state index is 11.2. The second kappa shape index (κ2) is 5.05. The summed E-state index contributed by atoms with van der Waals surface area (Å²) in [5, 5.41) is 9.12. The Labute approximate surface area is 88.7 Å². The van der Waals surface area contributed by atoms with E-state index in [0.717, 1.165) is 19.3 Å². The second-order valence-corrected chi connectivity index (χ2v) is 4.16. The second-order valence-electron chi connectivity index (χ2n) is 4.16. The van der Waals surface area contributed by atoms with Crippen LogP contribution in [0.5, 0.6) is 0 Å². The summed E-state index contributed by atoms with van der Waals surface area (Å²) in [6, 6.07) is 0. The average Bonchev–Trinajstić information content (AvgIpc) is 2.18. The van der Waals surface area contributed by atoms with E-state index >= 15 is 0 Å². The normalized spacial score (nSPS) is 32.4. The fraction of sp³-hybridized carbons (Fsp3) is 0.727. The number of carbonyl (C=O) groups is 3. The van der Waals surface area contributed by atoms with Crippen LogP contribution in [0.4, 0.5) is 0 Å². The number of hydrogen-bond donors (Lipinski definition) is 1. The lowest BCUT2D eigenvalue weighted by Crippen LogP contribution is -2.41. The Morgan fingerprint density at radius 2 is 1.87 bits per heavy atom. The molecular weight excluding hydrogens is 196 g/mol. The first kappa shape index (κ1) is 11.9. The minimum atomic E-state index is -1.47. The van der Waals surface area contributed by atoms with Crippen molar-refractivity contribution in [2.24, 2.45) is 11.3 Å². The molecule has 0 radical (unpaired) electrons. The molecule has 2 unspecified atom stereocenters. The average molecular weight is 212 g/mol. The highest BCUT2D eigenvalue weighted by Crippen LogP contribution is 2.36. The third-order valence-electron chi connectivity index (χ3n) is 3.29. The molecule has 1 saturated carbocycles. The first-order valence-electron chi connectivity index (χ1n) is 5.32. The van der Waals surface area contributed by atoms with Gasteiger partial charge in [0.05, 0.1) is 0 Å². The summed E-state index contributed by atoms with van der Waals surface area (Å²) >= 11 is 0. The van der Waals surface area contributed by atoms with Gasteiger partial charge in [-0.3, -0.25) is 4.79 Å². The van der Waals surface area contributed by atoms with Crippen molar-refractivity contribution in [3.63, 3.8) is 0 Å². The van der Waals surface area contributed by atoms with Crippen LogP contribution >= 0.6 is 0 Å². The Hall–Kier alpha value is -1.19. The molecule has 0 aromatic rings. The SMILES string of the molecule is O=CC1CCCCCCC1(C=O)C(=O)O. The lowest BCUT2D eigenvalue weighted by atomic mass is 9.70. The van der Waals surface area contributed by atoms with Crippen molar-refractivity contribution in [1.82, 2.24) is 0 Å². The molecule has 0 saturated heterocycles. The van der Waals surface area contributed by atoms with Crippen LogP contribution in [0.2, 0.25) is 0 Å². The third-order valence-corrected chi connectivity index (χ3v) is 3.29. The number of carbonyl (C=O) groups excluding carboxylic acids is 2. The van der Waals surface area contributed by atoms with E-state index < -0.39 is 17.3 Å². The number of aliphatic carboxylic acids is 1. The molecule has 0 aromatic heterocycles. The van der Waals surface area contributed by atoms with Crippen molar-refractivity contribution >= 4 is 18.5 Å². The zero-order valence-electron chi connectivity index (χ0n) is 8.65. The van der Waals surface area contributed by atoms with Gasteiger partial charge in [-0.2, -0.15) is 0 Å². The van der Waals surface area contributed by atoms with Crippen LogP contribution in [0.25, 0.3) is 0 Å². The molecule has 84 valence electrons. The Balaban J connectivity index is 2.97. The first-order chi connectivity index (χ1) is 7.17. The van der Waals surface area contributed by atoms with Crippen LogP contribution in [-0.2, 0) is 14.4 Å². The standard InChI is InChI=1S/C11H16O4/c12-7-9-5-3-1-2-4-6-11(9,8-13)10(14)15/h7-9H,1-6H2,(H,14,15). The van der Waals surface area contributed by atoms with Gasteiger partial charge in [-0.25, -0.2) is 0 Å². The first-order valence-corrected chi connectivity index (χ1v) is 5.32. The van der Waals surface area contributed by atoms with Gasteiger partial charge in [-0.15, -0.1) is 0 Å². The van der Waals surface area contributed by atoms with Crippen molar-refractivity contribution in [3.05, 3.63) is 0 Å². The quantitative estimate of drug-likeness (QED) is 0.567. The fourth-order valence-corrected chi connectivity index (χ4v) is 2.23. The van der Waals surface area contributed by atoms with E-state index in [2.05, 4.69) is 0 Å². The molecule has 4 nitrogen and oxygen atoms in total. The number of carboxylic acids is 1. The molecule has 0 heterocycles. The van der Waals surface area contributed by atoms with Crippen LogP contribution in [0, 0.1) is 11.3 Å². The van der Waals surface area contributed by atoms with E-state index in [1.807, 2.05) is 0 Å². The van der Waals surface area contributed by atoms with E-state index in [0.29, 0.717) is 25.4 Å². The fourth-order valence-electron chi connectivity index (χ4n) is 2.23. The zero-order chi connectivity index (χ0) is 11.3. The summed E-state index contributed by atoms with van der Waals surface area (Å²) in [6.45, 7) is 0. The Kier molecular flexibility index (Phi) is 4.00. The monoisotopic (exact) mass is 212 g/mol. The number of carboxylic acid groups (broad SMARTS) is 1. The molecule has 4 heteroatoms. The van der Waals surface area contributed by atoms with Crippen LogP contribution in [0.15, 0.2) is 0 Å². The topological polar surface area (TPSA) is 71.4 Å². The van der Waals surface area contributed by atoms with Crippen molar-refractivity contribution in [2.45, 2.75) is 38.5 Å². The van der Waals surface area contributed by atoms with Crippen LogP contribution < -0.4 is 0 Å². The van der Waals surface area contributed by atoms with E-state index in [9.17, 15) is 14.4 Å². The molecule has 1 rings (SSSR count). The highest BCUT2D eigenvalue weighted by Gasteiger charge is 2.45. The molecule has 1 fully saturated rings. The summed E-state index contributed by atoms with van der Waals surface area (Å²) < 4.78 is 0. The number of hydrogen-bond acceptors (Lipinski definition) is 3. The lowest BCUT2D eigenvalue weighted by molar-refractivity contribution is -0.157. The van der Waals surface area contributed by atoms with Gasteiger partial charge in [-0.05, 0) is 12.8 Å². The Bertz CT molecular complexity index is 261. The van der Waals surface area contributed by atoms with Gasteiger partial charge < -0.3 is 14.7 Å². The van der Waals surface area contributed by atoms with Crippen LogP contribution in [0.3, 0.4) is 0 Å². The molecule has 0 aromatic carbocycles. The van der Waals surface area contributed by atoms with Gasteiger partial charge in [-0.1, -0.05) is 25.7 Å². The summed E-state index contributed by atoms with van der Waals surface area (Å²) in [5.41, 5.74) is -1.47. The highest BCUT2D eigenvalue weighted by molar-refractivity contribution is 5.95. The number of rotatable bonds is 3. The molecule has 15 heavy (non-hydrogen) atoms. The molecule has 2 atom stereocenters. The molecule has 0 bridgehead atoms. The summed E-state index contributed by atoms with van der Waals surface area (Å²) in [6.07, 6.45) is 5.37. The summed E-state index contributed by atoms with van der Waals surface area (Å²) in [4.78, 5) is 33.1. The molecule has 1 aliphatic rings. The van der Waals surface area contributed by atoms with E-state index in [4.69, 9.17) is 5.11 Å². The van der Waals surface area contributed by atoms with Crippen molar-refractivity contribution in [1.29, 1.82) is 0 Å².